The number of alkyl halides is 3. The number of carbonyl (C=O) groups excluding carboxylic acids is 1. The Bertz CT molecular complexity index is 1480. The molecule has 0 radical (unpaired) electrons. The van der Waals surface area contributed by atoms with Crippen molar-refractivity contribution < 1.29 is 40.3 Å². The smallest absolute Gasteiger partial charge is 0.401 e. The third-order valence-electron chi connectivity index (χ3n) is 5.76. The molecule has 0 bridgehead atoms. The van der Waals surface area contributed by atoms with Crippen LogP contribution in [0.25, 0.3) is 5.65 Å². The Morgan fingerprint density at radius 3 is 2.38 bits per heavy atom. The first kappa shape index (κ1) is 27.9. The van der Waals surface area contributed by atoms with Crippen LogP contribution in [0.3, 0.4) is 0 Å². The number of rotatable bonds is 9. The molecule has 0 aliphatic rings. The molecule has 1 atom stereocenters. The first-order valence-electron chi connectivity index (χ1n) is 11.5. The average molecular weight is 554 g/mol. The van der Waals surface area contributed by atoms with Crippen molar-refractivity contribution in [3.63, 3.8) is 0 Å². The molecular weight excluding hydrogens is 533 g/mol. The minimum absolute atomic E-state index is 0.0177. The predicted molar refractivity (Wildman–Crippen MR) is 126 cm³/mol. The van der Waals surface area contributed by atoms with Crippen molar-refractivity contribution in [2.24, 2.45) is 0 Å². The fourth-order valence-electron chi connectivity index (χ4n) is 3.93. The van der Waals surface area contributed by atoms with Crippen LogP contribution >= 0.6 is 0 Å². The highest BCUT2D eigenvalue weighted by atomic mass is 19.4. The van der Waals surface area contributed by atoms with E-state index in [0.717, 1.165) is 30.3 Å². The molecule has 0 saturated carbocycles. The van der Waals surface area contributed by atoms with Crippen LogP contribution in [0.5, 0.6) is 5.75 Å². The van der Waals surface area contributed by atoms with Crippen molar-refractivity contribution in [3.8, 4) is 5.75 Å². The van der Waals surface area contributed by atoms with E-state index < -0.39 is 61.1 Å². The van der Waals surface area contributed by atoms with E-state index in [1.54, 1.807) is 0 Å². The van der Waals surface area contributed by atoms with E-state index in [9.17, 15) is 35.5 Å². The van der Waals surface area contributed by atoms with Gasteiger partial charge in [-0.2, -0.15) is 13.2 Å². The number of benzene rings is 2. The zero-order valence-corrected chi connectivity index (χ0v) is 20.3. The highest BCUT2D eigenvalue weighted by molar-refractivity contribution is 5.95. The van der Waals surface area contributed by atoms with E-state index >= 15 is 0 Å². The molecule has 1 amide bonds. The van der Waals surface area contributed by atoms with Crippen molar-refractivity contribution in [1.82, 2.24) is 20.0 Å². The van der Waals surface area contributed by atoms with E-state index in [1.165, 1.54) is 35.7 Å². The number of pyridine rings is 1. The molecule has 4 aromatic rings. The summed E-state index contributed by atoms with van der Waals surface area (Å²) in [4.78, 5) is 17.6. The number of halogens is 7. The van der Waals surface area contributed by atoms with Gasteiger partial charge in [-0.05, 0) is 48.9 Å². The largest absolute Gasteiger partial charge is 0.485 e. The minimum atomic E-state index is -4.54. The van der Waals surface area contributed by atoms with Crippen LogP contribution in [0.4, 0.5) is 30.7 Å². The quantitative estimate of drug-likeness (QED) is 0.272. The topological polar surface area (TPSA) is 67.7 Å². The van der Waals surface area contributed by atoms with E-state index in [-0.39, 0.29) is 33.9 Å². The molecule has 1 unspecified atom stereocenters. The lowest BCUT2D eigenvalue weighted by molar-refractivity contribution is -0.124. The lowest BCUT2D eigenvalue weighted by atomic mass is 10.1. The first-order valence-corrected chi connectivity index (χ1v) is 11.5. The van der Waals surface area contributed by atoms with Crippen LogP contribution in [0, 0.1) is 30.2 Å². The Balaban J connectivity index is 1.60. The second-order valence-corrected chi connectivity index (χ2v) is 8.55. The summed E-state index contributed by atoms with van der Waals surface area (Å²) in [5.74, 6) is -4.67. The van der Waals surface area contributed by atoms with E-state index in [4.69, 9.17) is 4.74 Å². The Labute approximate surface area is 217 Å². The standard InChI is InChI=1S/C26H21F7N4O2/c1-14-23(25(38)36-21(11-34-13-26(31,32)33)15-7-8-19(29)20(30)10-15)37-9-3-6-22(24(37)35-14)39-12-16-17(27)4-2-5-18(16)28/h2-10,21,34H,11-13H2,1H3,(H,36,38). The van der Waals surface area contributed by atoms with Crippen molar-refractivity contribution in [2.45, 2.75) is 25.7 Å². The third-order valence-corrected chi connectivity index (χ3v) is 5.76. The van der Waals surface area contributed by atoms with Crippen LogP contribution in [0.1, 0.15) is 33.4 Å². The van der Waals surface area contributed by atoms with Gasteiger partial charge in [-0.1, -0.05) is 12.1 Å². The van der Waals surface area contributed by atoms with Gasteiger partial charge in [-0.25, -0.2) is 22.5 Å². The van der Waals surface area contributed by atoms with E-state index in [1.807, 2.05) is 0 Å². The maximum atomic E-state index is 14.0. The first-order chi connectivity index (χ1) is 18.4. The van der Waals surface area contributed by atoms with Crippen LogP contribution in [0.2, 0.25) is 0 Å². The molecule has 6 nitrogen and oxygen atoms in total. The zero-order valence-electron chi connectivity index (χ0n) is 20.3. The number of aryl methyl sites for hydroxylation is 1. The molecule has 39 heavy (non-hydrogen) atoms. The zero-order chi connectivity index (χ0) is 28.3. The molecule has 2 aromatic heterocycles. The number of nitrogens with zero attached hydrogens (tertiary/aromatic N) is 2. The fraction of sp³-hybridized carbons (Fsp3) is 0.231. The lowest BCUT2D eigenvalue weighted by Gasteiger charge is -2.21. The number of hydrogen-bond donors (Lipinski definition) is 2. The molecule has 0 spiro atoms. The summed E-state index contributed by atoms with van der Waals surface area (Å²) in [7, 11) is 0. The number of hydrogen-bond acceptors (Lipinski definition) is 4. The van der Waals surface area contributed by atoms with Gasteiger partial charge in [-0.15, -0.1) is 0 Å². The van der Waals surface area contributed by atoms with Gasteiger partial charge in [0.1, 0.15) is 23.9 Å². The number of nitrogens with one attached hydrogen (secondary N) is 2. The molecule has 0 aliphatic heterocycles. The van der Waals surface area contributed by atoms with Crippen molar-refractivity contribution in [3.05, 3.63) is 101 Å². The molecule has 13 heteroatoms. The molecule has 4 rings (SSSR count). The molecule has 2 aromatic carbocycles. The molecule has 0 fully saturated rings. The fourth-order valence-corrected chi connectivity index (χ4v) is 3.93. The van der Waals surface area contributed by atoms with Gasteiger partial charge in [0.2, 0.25) is 0 Å². The van der Waals surface area contributed by atoms with Gasteiger partial charge in [0, 0.05) is 12.7 Å². The molecule has 2 heterocycles. The summed E-state index contributed by atoms with van der Waals surface area (Å²) >= 11 is 0. The summed E-state index contributed by atoms with van der Waals surface area (Å²) in [6.07, 6.45) is -3.07. The summed E-state index contributed by atoms with van der Waals surface area (Å²) in [6.45, 7) is -0.791. The van der Waals surface area contributed by atoms with Crippen molar-refractivity contribution in [1.29, 1.82) is 0 Å². The number of fused-ring (bicyclic) bond motifs is 1. The second kappa shape index (κ2) is 11.3. The van der Waals surface area contributed by atoms with Crippen LogP contribution < -0.4 is 15.4 Å². The number of imidazole rings is 1. The van der Waals surface area contributed by atoms with E-state index in [0.29, 0.717) is 0 Å². The number of aromatic nitrogens is 2. The van der Waals surface area contributed by atoms with Gasteiger partial charge in [0.15, 0.2) is 23.0 Å². The Morgan fingerprint density at radius 1 is 1.00 bits per heavy atom. The minimum Gasteiger partial charge on any atom is -0.485 e. The summed E-state index contributed by atoms with van der Waals surface area (Å²) in [5.41, 5.74) is 0.0427. The third kappa shape index (κ3) is 6.48. The molecular formula is C26H21F7N4O2. The Kier molecular flexibility index (Phi) is 8.09. The maximum Gasteiger partial charge on any atom is 0.401 e. The Morgan fingerprint density at radius 2 is 1.72 bits per heavy atom. The SMILES string of the molecule is Cc1nc2c(OCc3c(F)cccc3F)cccn2c1C(=O)NC(CNCC(F)(F)F)c1ccc(F)c(F)c1. The van der Waals surface area contributed by atoms with Gasteiger partial charge in [0.05, 0.1) is 23.8 Å². The number of amides is 1. The van der Waals surface area contributed by atoms with Gasteiger partial charge in [-0.3, -0.25) is 9.20 Å². The molecule has 206 valence electrons. The summed E-state index contributed by atoms with van der Waals surface area (Å²) in [6, 6.07) is 7.90. The van der Waals surface area contributed by atoms with Crippen LogP contribution in [-0.2, 0) is 6.61 Å². The van der Waals surface area contributed by atoms with Crippen LogP contribution in [-0.4, -0.2) is 34.6 Å². The van der Waals surface area contributed by atoms with Crippen LogP contribution in [0.15, 0.2) is 54.7 Å². The maximum absolute atomic E-state index is 14.0. The van der Waals surface area contributed by atoms with Gasteiger partial charge < -0.3 is 15.4 Å². The normalized spacial score (nSPS) is 12.5. The molecule has 0 aliphatic carbocycles. The van der Waals surface area contributed by atoms with Gasteiger partial charge in [0.25, 0.3) is 5.91 Å². The Hall–Kier alpha value is -4.13. The second-order valence-electron chi connectivity index (χ2n) is 8.55. The molecule has 2 N–H and O–H groups in total. The predicted octanol–water partition coefficient (Wildman–Crippen LogP) is 5.40. The lowest BCUT2D eigenvalue weighted by Crippen LogP contribution is -2.39. The number of ether oxygens (including phenoxy) is 1. The van der Waals surface area contributed by atoms with Gasteiger partial charge >= 0.3 is 6.18 Å². The van der Waals surface area contributed by atoms with Crippen molar-refractivity contribution >= 4 is 11.6 Å². The monoisotopic (exact) mass is 554 g/mol. The summed E-state index contributed by atoms with van der Waals surface area (Å²) < 4.78 is 100. The number of carbonyl (C=O) groups is 1. The summed E-state index contributed by atoms with van der Waals surface area (Å²) in [5, 5.41) is 4.69. The highest BCUT2D eigenvalue weighted by Crippen LogP contribution is 2.25. The average Bonchev–Trinajstić information content (AvgIpc) is 3.20. The van der Waals surface area contributed by atoms with Crippen molar-refractivity contribution in [2.75, 3.05) is 13.1 Å². The van der Waals surface area contributed by atoms with E-state index in [2.05, 4.69) is 15.6 Å². The molecule has 0 saturated heterocycles. The highest BCUT2D eigenvalue weighted by Gasteiger charge is 2.28.